The third-order valence-electron chi connectivity index (χ3n) is 8.42. The number of hydrogen-bond donors (Lipinski definition) is 0. The summed E-state index contributed by atoms with van der Waals surface area (Å²) in [5, 5.41) is 0. The van der Waals surface area contributed by atoms with Gasteiger partial charge in [-0.25, -0.2) is 4.39 Å². The van der Waals surface area contributed by atoms with Crippen LogP contribution in [0.2, 0.25) is 0 Å². The van der Waals surface area contributed by atoms with Gasteiger partial charge in [-0.2, -0.15) is 0 Å². The lowest BCUT2D eigenvalue weighted by molar-refractivity contribution is -0.136. The highest BCUT2D eigenvalue weighted by atomic mass is 19.1. The second-order valence-electron chi connectivity index (χ2n) is 11.0. The first kappa shape index (κ1) is 27.8. The van der Waals surface area contributed by atoms with Crippen molar-refractivity contribution in [3.8, 4) is 5.75 Å². The minimum absolute atomic E-state index is 0.00563. The van der Waals surface area contributed by atoms with Crippen molar-refractivity contribution >= 4 is 29.1 Å². The number of imide groups is 1. The number of nitrogens with zero attached hydrogens (tertiary/aromatic N) is 4. The Morgan fingerprint density at radius 1 is 0.881 bits per heavy atom. The number of rotatable bonds is 7. The van der Waals surface area contributed by atoms with Gasteiger partial charge in [-0.15, -0.1) is 0 Å². The van der Waals surface area contributed by atoms with Crippen molar-refractivity contribution in [1.29, 1.82) is 0 Å². The monoisotopic (exact) mass is 570 g/mol. The Bertz CT molecular complexity index is 1500. The number of benzene rings is 3. The third kappa shape index (κ3) is 5.31. The maximum atomic E-state index is 13.7. The fourth-order valence-corrected chi connectivity index (χ4v) is 6.36. The van der Waals surface area contributed by atoms with Gasteiger partial charge in [-0.3, -0.25) is 19.3 Å². The molecule has 3 aliphatic heterocycles. The van der Waals surface area contributed by atoms with Crippen molar-refractivity contribution in [3.05, 3.63) is 89.2 Å². The molecule has 0 saturated carbocycles. The first-order valence-corrected chi connectivity index (χ1v) is 14.7. The summed E-state index contributed by atoms with van der Waals surface area (Å²) in [6.45, 7) is 6.52. The van der Waals surface area contributed by atoms with Gasteiger partial charge in [0.15, 0.2) is 0 Å². The minimum Gasteiger partial charge on any atom is -0.492 e. The van der Waals surface area contributed by atoms with E-state index in [2.05, 4.69) is 15.9 Å². The minimum atomic E-state index is -0.412. The van der Waals surface area contributed by atoms with Gasteiger partial charge in [0.25, 0.3) is 11.8 Å². The molecule has 8 nitrogen and oxygen atoms in total. The zero-order chi connectivity index (χ0) is 29.2. The Morgan fingerprint density at radius 2 is 1.64 bits per heavy atom. The van der Waals surface area contributed by atoms with Crippen LogP contribution in [0.1, 0.15) is 46.0 Å². The summed E-state index contributed by atoms with van der Waals surface area (Å²) < 4.78 is 19.6. The van der Waals surface area contributed by atoms with Crippen LogP contribution in [0.3, 0.4) is 0 Å². The van der Waals surface area contributed by atoms with Gasteiger partial charge < -0.3 is 19.4 Å². The molecule has 6 rings (SSSR count). The third-order valence-corrected chi connectivity index (χ3v) is 8.42. The molecule has 9 heteroatoms. The zero-order valence-corrected chi connectivity index (χ0v) is 23.8. The topological polar surface area (TPSA) is 73.4 Å². The van der Waals surface area contributed by atoms with Crippen molar-refractivity contribution in [1.82, 2.24) is 9.80 Å². The van der Waals surface area contributed by atoms with Gasteiger partial charge in [-0.05, 0) is 61.7 Å². The average molecular weight is 571 g/mol. The number of amides is 3. The number of piperidine rings is 1. The quantitative estimate of drug-likeness (QED) is 0.387. The Balaban J connectivity index is 1.13. The second kappa shape index (κ2) is 11.8. The molecule has 3 aliphatic rings. The normalized spacial score (nSPS) is 18.9. The number of ether oxygens (including phenoxy) is 1. The first-order valence-electron chi connectivity index (χ1n) is 14.7. The zero-order valence-electron chi connectivity index (χ0n) is 23.8. The van der Waals surface area contributed by atoms with E-state index in [0.717, 1.165) is 37.4 Å². The van der Waals surface area contributed by atoms with Gasteiger partial charge >= 0.3 is 0 Å². The molecule has 0 spiro atoms. The molecule has 3 heterocycles. The van der Waals surface area contributed by atoms with Crippen molar-refractivity contribution in [2.24, 2.45) is 5.92 Å². The van der Waals surface area contributed by atoms with Crippen LogP contribution in [-0.4, -0.2) is 73.4 Å². The Hall–Kier alpha value is -4.40. The van der Waals surface area contributed by atoms with Crippen LogP contribution in [0.5, 0.6) is 5.75 Å². The standard InChI is InChI=1S/C33H35FN4O4/c1-2-42-29-14-4-3-12-27(29)35-16-18-36(19-17-35)31(39)24-9-7-15-37(22-24)28-13-6-11-26-30(28)33(41)38(32(26)40)21-23-8-5-10-25(34)20-23/h3-6,8,10-14,20,24H,2,7,9,15-19,21-22H2,1H3/t24-/m0/s1. The van der Waals surface area contributed by atoms with E-state index in [0.29, 0.717) is 55.2 Å². The molecule has 218 valence electrons. The molecule has 1 atom stereocenters. The molecule has 0 radical (unpaired) electrons. The summed E-state index contributed by atoms with van der Waals surface area (Å²) in [5.41, 5.74) is 3.01. The summed E-state index contributed by atoms with van der Waals surface area (Å²) >= 11 is 0. The lowest BCUT2D eigenvalue weighted by Crippen LogP contribution is -2.52. The number of carbonyl (C=O) groups excluding carboxylic acids is 3. The Labute approximate surface area is 245 Å². The van der Waals surface area contributed by atoms with E-state index in [1.54, 1.807) is 24.3 Å². The summed E-state index contributed by atoms with van der Waals surface area (Å²) in [6, 6.07) is 19.3. The highest BCUT2D eigenvalue weighted by molar-refractivity contribution is 6.23. The fourth-order valence-electron chi connectivity index (χ4n) is 6.36. The van der Waals surface area contributed by atoms with Crippen LogP contribution in [-0.2, 0) is 11.3 Å². The molecule has 0 unspecified atom stereocenters. The summed E-state index contributed by atoms with van der Waals surface area (Å²) in [7, 11) is 0. The molecule has 3 aromatic rings. The van der Waals surface area contributed by atoms with Crippen LogP contribution in [0.25, 0.3) is 0 Å². The number of piperazine rings is 1. The van der Waals surface area contributed by atoms with Crippen LogP contribution in [0, 0.1) is 11.7 Å². The molecule has 0 bridgehead atoms. The average Bonchev–Trinajstić information content (AvgIpc) is 3.26. The lowest BCUT2D eigenvalue weighted by atomic mass is 9.94. The van der Waals surface area contributed by atoms with E-state index >= 15 is 0 Å². The van der Waals surface area contributed by atoms with E-state index in [1.807, 2.05) is 36.1 Å². The molecular formula is C33H35FN4O4. The SMILES string of the molecule is CCOc1ccccc1N1CCN(C(=O)[C@H]2CCCN(c3cccc4c3C(=O)N(Cc3cccc(F)c3)C4=O)C2)CC1. The van der Waals surface area contributed by atoms with Gasteiger partial charge in [0.1, 0.15) is 11.6 Å². The number of halogens is 1. The van der Waals surface area contributed by atoms with Gasteiger partial charge in [0.2, 0.25) is 5.91 Å². The van der Waals surface area contributed by atoms with E-state index < -0.39 is 5.82 Å². The molecular weight excluding hydrogens is 535 g/mol. The number of hydrogen-bond acceptors (Lipinski definition) is 6. The van der Waals surface area contributed by atoms with E-state index in [1.165, 1.54) is 17.0 Å². The van der Waals surface area contributed by atoms with Crippen LogP contribution in [0.15, 0.2) is 66.7 Å². The molecule has 0 aromatic heterocycles. The predicted molar refractivity (Wildman–Crippen MR) is 158 cm³/mol. The number of anilines is 2. The molecule has 42 heavy (non-hydrogen) atoms. The molecule has 0 N–H and O–H groups in total. The summed E-state index contributed by atoms with van der Waals surface area (Å²) in [5.74, 6) is -0.361. The Kier molecular flexibility index (Phi) is 7.82. The number of fused-ring (bicyclic) bond motifs is 1. The van der Waals surface area contributed by atoms with E-state index in [9.17, 15) is 18.8 Å². The maximum Gasteiger partial charge on any atom is 0.263 e. The van der Waals surface area contributed by atoms with Crippen molar-refractivity contribution in [2.75, 3.05) is 55.7 Å². The van der Waals surface area contributed by atoms with Crippen molar-refractivity contribution in [2.45, 2.75) is 26.3 Å². The van der Waals surface area contributed by atoms with Gasteiger partial charge in [0, 0.05) is 39.3 Å². The van der Waals surface area contributed by atoms with E-state index in [4.69, 9.17) is 4.74 Å². The second-order valence-corrected chi connectivity index (χ2v) is 11.0. The number of carbonyl (C=O) groups is 3. The summed E-state index contributed by atoms with van der Waals surface area (Å²) in [6.07, 6.45) is 1.60. The molecule has 3 aromatic carbocycles. The summed E-state index contributed by atoms with van der Waals surface area (Å²) in [4.78, 5) is 47.9. The molecule has 2 saturated heterocycles. The maximum absolute atomic E-state index is 13.7. The highest BCUT2D eigenvalue weighted by Crippen LogP contribution is 2.35. The van der Waals surface area contributed by atoms with Gasteiger partial charge in [-0.1, -0.05) is 30.3 Å². The van der Waals surface area contributed by atoms with Crippen LogP contribution in [0.4, 0.5) is 15.8 Å². The Morgan fingerprint density at radius 3 is 2.43 bits per heavy atom. The van der Waals surface area contributed by atoms with Crippen molar-refractivity contribution in [3.63, 3.8) is 0 Å². The predicted octanol–water partition coefficient (Wildman–Crippen LogP) is 4.59. The first-order chi connectivity index (χ1) is 20.4. The number of para-hydroxylation sites is 2. The molecule has 2 fully saturated rings. The van der Waals surface area contributed by atoms with Crippen LogP contribution >= 0.6 is 0 Å². The smallest absolute Gasteiger partial charge is 0.263 e. The molecule has 0 aliphatic carbocycles. The highest BCUT2D eigenvalue weighted by Gasteiger charge is 2.40. The molecule has 3 amide bonds. The fraction of sp³-hybridized carbons (Fsp3) is 0.364. The largest absolute Gasteiger partial charge is 0.492 e. The van der Waals surface area contributed by atoms with Crippen molar-refractivity contribution < 1.29 is 23.5 Å². The van der Waals surface area contributed by atoms with Gasteiger partial charge in [0.05, 0.1) is 41.6 Å². The lowest BCUT2D eigenvalue weighted by Gasteiger charge is -2.40. The van der Waals surface area contributed by atoms with E-state index in [-0.39, 0.29) is 30.2 Å². The van der Waals surface area contributed by atoms with Crippen LogP contribution < -0.4 is 14.5 Å².